The second-order valence-corrected chi connectivity index (χ2v) is 7.05. The molecule has 2 aromatic heterocycles. The lowest BCUT2D eigenvalue weighted by Gasteiger charge is -2.08. The molecule has 0 aliphatic carbocycles. The van der Waals surface area contributed by atoms with E-state index in [0.717, 1.165) is 16.5 Å². The average molecular weight is 388 g/mol. The van der Waals surface area contributed by atoms with Gasteiger partial charge in [0.05, 0.1) is 16.8 Å². The zero-order chi connectivity index (χ0) is 19.3. The van der Waals surface area contributed by atoms with E-state index in [4.69, 9.17) is 4.74 Å². The van der Waals surface area contributed by atoms with Crippen molar-refractivity contribution < 1.29 is 14.3 Å². The first kappa shape index (κ1) is 17.9. The van der Waals surface area contributed by atoms with Crippen LogP contribution in [0.3, 0.4) is 0 Å². The normalized spacial score (nSPS) is 10.6. The minimum Gasteiger partial charge on any atom is -0.426 e. The number of rotatable bonds is 5. The quantitative estimate of drug-likeness (QED) is 0.398. The fourth-order valence-electron chi connectivity index (χ4n) is 2.84. The Balaban J connectivity index is 1.40. The van der Waals surface area contributed by atoms with Crippen LogP contribution in [0, 0.1) is 0 Å². The van der Waals surface area contributed by atoms with E-state index in [1.807, 2.05) is 41.8 Å². The Morgan fingerprint density at radius 2 is 1.79 bits per heavy atom. The molecule has 0 atom stereocenters. The van der Waals surface area contributed by atoms with Crippen LogP contribution < -0.4 is 10.1 Å². The zero-order valence-corrected chi connectivity index (χ0v) is 15.6. The van der Waals surface area contributed by atoms with Crippen LogP contribution in [0.5, 0.6) is 5.75 Å². The monoisotopic (exact) mass is 388 g/mol. The molecule has 0 bridgehead atoms. The van der Waals surface area contributed by atoms with Crippen molar-refractivity contribution in [2.24, 2.45) is 0 Å². The van der Waals surface area contributed by atoms with Gasteiger partial charge in [-0.05, 0) is 47.3 Å². The highest BCUT2D eigenvalue weighted by Crippen LogP contribution is 2.20. The summed E-state index contributed by atoms with van der Waals surface area (Å²) in [6.45, 7) is 0. The maximum absolute atomic E-state index is 12.3. The Hall–Kier alpha value is -3.51. The van der Waals surface area contributed by atoms with Gasteiger partial charge in [-0.3, -0.25) is 14.6 Å². The molecule has 6 heteroatoms. The first-order chi connectivity index (χ1) is 13.7. The second kappa shape index (κ2) is 8.02. The number of pyridine rings is 1. The standard InChI is InChI=1S/C22H16N2O3S/c25-20(14-16-5-1-4-15-6-2-12-23-21(15)16)27-18-10-8-17(9-11-18)24-22(26)19-7-3-13-28-19/h1-13H,14H2,(H,24,26). The summed E-state index contributed by atoms with van der Waals surface area (Å²) in [5.74, 6) is -0.107. The Morgan fingerprint density at radius 1 is 0.964 bits per heavy atom. The molecular weight excluding hydrogens is 372 g/mol. The number of nitrogens with zero attached hydrogens (tertiary/aromatic N) is 1. The number of fused-ring (bicyclic) bond motifs is 1. The summed E-state index contributed by atoms with van der Waals surface area (Å²) >= 11 is 1.38. The van der Waals surface area contributed by atoms with Crippen LogP contribution in [0.1, 0.15) is 15.2 Å². The molecule has 0 unspecified atom stereocenters. The third-order valence-corrected chi connectivity index (χ3v) is 5.01. The number of anilines is 1. The van der Waals surface area contributed by atoms with E-state index in [2.05, 4.69) is 10.3 Å². The van der Waals surface area contributed by atoms with Gasteiger partial charge in [0.2, 0.25) is 0 Å². The number of hydrogen-bond acceptors (Lipinski definition) is 5. The van der Waals surface area contributed by atoms with E-state index in [1.54, 1.807) is 36.5 Å². The van der Waals surface area contributed by atoms with Gasteiger partial charge in [-0.15, -0.1) is 11.3 Å². The van der Waals surface area contributed by atoms with Crippen LogP contribution >= 0.6 is 11.3 Å². The maximum atomic E-state index is 12.3. The number of esters is 1. The number of aromatic nitrogens is 1. The van der Waals surface area contributed by atoms with Crippen molar-refractivity contribution >= 4 is 39.8 Å². The lowest BCUT2D eigenvalue weighted by atomic mass is 10.1. The maximum Gasteiger partial charge on any atom is 0.315 e. The predicted octanol–water partition coefficient (Wildman–Crippen LogP) is 4.70. The second-order valence-electron chi connectivity index (χ2n) is 6.10. The summed E-state index contributed by atoms with van der Waals surface area (Å²) in [5.41, 5.74) is 2.26. The van der Waals surface area contributed by atoms with Crippen LogP contribution in [0.15, 0.2) is 78.3 Å². The van der Waals surface area contributed by atoms with Crippen LogP contribution in [-0.2, 0) is 11.2 Å². The molecule has 5 nitrogen and oxygen atoms in total. The molecule has 0 radical (unpaired) electrons. The van der Waals surface area contributed by atoms with Crippen molar-refractivity contribution in [3.63, 3.8) is 0 Å². The predicted molar refractivity (Wildman–Crippen MR) is 110 cm³/mol. The Labute approximate surface area is 165 Å². The van der Waals surface area contributed by atoms with Crippen molar-refractivity contribution in [1.29, 1.82) is 0 Å². The first-order valence-corrected chi connectivity index (χ1v) is 9.55. The molecule has 1 N–H and O–H groups in total. The molecule has 0 saturated heterocycles. The fraction of sp³-hybridized carbons (Fsp3) is 0.0455. The number of thiophene rings is 1. The molecule has 138 valence electrons. The fourth-order valence-corrected chi connectivity index (χ4v) is 3.46. The van der Waals surface area contributed by atoms with Gasteiger partial charge in [-0.25, -0.2) is 0 Å². The van der Waals surface area contributed by atoms with Gasteiger partial charge in [0.1, 0.15) is 5.75 Å². The van der Waals surface area contributed by atoms with Crippen molar-refractivity contribution in [2.45, 2.75) is 6.42 Å². The molecule has 4 rings (SSSR count). The van der Waals surface area contributed by atoms with Crippen molar-refractivity contribution in [3.8, 4) is 5.75 Å². The third kappa shape index (κ3) is 4.07. The Morgan fingerprint density at radius 3 is 2.57 bits per heavy atom. The molecule has 28 heavy (non-hydrogen) atoms. The van der Waals surface area contributed by atoms with Crippen LogP contribution in [0.25, 0.3) is 10.9 Å². The first-order valence-electron chi connectivity index (χ1n) is 8.67. The Kier molecular flexibility index (Phi) is 5.12. The highest BCUT2D eigenvalue weighted by molar-refractivity contribution is 7.12. The largest absolute Gasteiger partial charge is 0.426 e. The molecule has 0 aliphatic heterocycles. The molecule has 0 aliphatic rings. The van der Waals surface area contributed by atoms with Gasteiger partial charge in [0, 0.05) is 17.3 Å². The number of carbonyl (C=O) groups is 2. The summed E-state index contributed by atoms with van der Waals surface area (Å²) < 4.78 is 5.42. The minimum atomic E-state index is -0.367. The lowest BCUT2D eigenvalue weighted by molar-refractivity contribution is -0.133. The van der Waals surface area contributed by atoms with Crippen LogP contribution in [0.4, 0.5) is 5.69 Å². The van der Waals surface area contributed by atoms with E-state index >= 15 is 0 Å². The van der Waals surface area contributed by atoms with Crippen LogP contribution in [-0.4, -0.2) is 16.9 Å². The highest BCUT2D eigenvalue weighted by atomic mass is 32.1. The Bertz CT molecular complexity index is 1120. The number of ether oxygens (including phenoxy) is 1. The van der Waals surface area contributed by atoms with Gasteiger partial charge in [0.15, 0.2) is 0 Å². The molecule has 0 spiro atoms. The van der Waals surface area contributed by atoms with Gasteiger partial charge in [0.25, 0.3) is 5.91 Å². The number of para-hydroxylation sites is 1. The molecule has 0 fully saturated rings. The number of benzene rings is 2. The van der Waals surface area contributed by atoms with E-state index in [-0.39, 0.29) is 18.3 Å². The van der Waals surface area contributed by atoms with Gasteiger partial charge < -0.3 is 10.1 Å². The van der Waals surface area contributed by atoms with E-state index < -0.39 is 0 Å². The number of carbonyl (C=O) groups excluding carboxylic acids is 2. The SMILES string of the molecule is O=C(Cc1cccc2cccnc12)Oc1ccc(NC(=O)c2cccs2)cc1. The van der Waals surface area contributed by atoms with Crippen molar-refractivity contribution in [3.05, 3.63) is 88.7 Å². The molecule has 4 aromatic rings. The van der Waals surface area contributed by atoms with Crippen molar-refractivity contribution in [2.75, 3.05) is 5.32 Å². The van der Waals surface area contributed by atoms with Gasteiger partial charge in [-0.2, -0.15) is 0 Å². The lowest BCUT2D eigenvalue weighted by Crippen LogP contribution is -2.12. The molecule has 2 heterocycles. The number of amides is 1. The van der Waals surface area contributed by atoms with Crippen molar-refractivity contribution in [1.82, 2.24) is 4.98 Å². The average Bonchev–Trinajstić information content (AvgIpc) is 3.25. The third-order valence-electron chi connectivity index (χ3n) is 4.14. The summed E-state index contributed by atoms with van der Waals surface area (Å²) in [6, 6.07) is 19.9. The summed E-state index contributed by atoms with van der Waals surface area (Å²) in [6.07, 6.45) is 1.84. The molecule has 1 amide bonds. The molecule has 0 saturated carbocycles. The number of hydrogen-bond donors (Lipinski definition) is 1. The minimum absolute atomic E-state index is 0.130. The van der Waals surface area contributed by atoms with Gasteiger partial charge >= 0.3 is 5.97 Å². The topological polar surface area (TPSA) is 68.3 Å². The molecule has 2 aromatic carbocycles. The smallest absolute Gasteiger partial charge is 0.315 e. The summed E-state index contributed by atoms with van der Waals surface area (Å²) in [5, 5.41) is 5.64. The number of nitrogens with one attached hydrogen (secondary N) is 1. The summed E-state index contributed by atoms with van der Waals surface area (Å²) in [4.78, 5) is 29.4. The zero-order valence-electron chi connectivity index (χ0n) is 14.8. The van der Waals surface area contributed by atoms with E-state index in [1.165, 1.54) is 11.3 Å². The van der Waals surface area contributed by atoms with Crippen LogP contribution in [0.2, 0.25) is 0 Å². The van der Waals surface area contributed by atoms with Gasteiger partial charge in [-0.1, -0.05) is 30.3 Å². The summed E-state index contributed by atoms with van der Waals surface area (Å²) in [7, 11) is 0. The van der Waals surface area contributed by atoms with E-state index in [9.17, 15) is 9.59 Å². The highest BCUT2D eigenvalue weighted by Gasteiger charge is 2.11. The molecular formula is C22H16N2O3S. The van der Waals surface area contributed by atoms with E-state index in [0.29, 0.717) is 16.3 Å².